The van der Waals surface area contributed by atoms with Gasteiger partial charge in [-0.1, -0.05) is 57.2 Å². The minimum atomic E-state index is -0.306. The summed E-state index contributed by atoms with van der Waals surface area (Å²) < 4.78 is 5.60. The minimum Gasteiger partial charge on any atom is -0.423 e. The first kappa shape index (κ1) is 14.3. The maximum absolute atomic E-state index is 12.3. The molecule has 0 fully saturated rings. The van der Waals surface area contributed by atoms with E-state index in [0.29, 0.717) is 11.3 Å². The van der Waals surface area contributed by atoms with E-state index in [0.717, 1.165) is 11.1 Å². The molecule has 0 aliphatic heterocycles. The van der Waals surface area contributed by atoms with E-state index in [4.69, 9.17) is 4.74 Å². The molecule has 2 rings (SSSR count). The maximum Gasteiger partial charge on any atom is 0.343 e. The van der Waals surface area contributed by atoms with Crippen LogP contribution in [0.1, 0.15) is 42.3 Å². The first-order valence-electron chi connectivity index (χ1n) is 6.77. The number of ether oxygens (including phenoxy) is 1. The molecule has 0 aromatic heterocycles. The molecule has 104 valence electrons. The molecule has 2 aromatic rings. The molecule has 0 saturated carbocycles. The molecule has 20 heavy (non-hydrogen) atoms. The van der Waals surface area contributed by atoms with Crippen molar-refractivity contribution in [3.05, 3.63) is 65.2 Å². The van der Waals surface area contributed by atoms with Crippen molar-refractivity contribution in [2.45, 2.75) is 33.1 Å². The lowest BCUT2D eigenvalue weighted by atomic mass is 9.86. The third-order valence-corrected chi connectivity index (χ3v) is 3.26. The summed E-state index contributed by atoms with van der Waals surface area (Å²) in [6, 6.07) is 15.1. The molecule has 2 aromatic carbocycles. The van der Waals surface area contributed by atoms with Crippen molar-refractivity contribution in [1.29, 1.82) is 0 Å². The van der Waals surface area contributed by atoms with Gasteiger partial charge in [0.15, 0.2) is 0 Å². The quantitative estimate of drug-likeness (QED) is 0.591. The van der Waals surface area contributed by atoms with Gasteiger partial charge >= 0.3 is 5.97 Å². The standard InChI is InChI=1S/C18H20O2/c1-13-9-5-6-10-14(13)17(19)20-16-12-8-7-11-15(16)18(2,3)4/h5-12H,1-4H3. The summed E-state index contributed by atoms with van der Waals surface area (Å²) in [6.07, 6.45) is 0. The predicted octanol–water partition coefficient (Wildman–Crippen LogP) is 4.51. The van der Waals surface area contributed by atoms with Crippen LogP contribution in [0.15, 0.2) is 48.5 Å². The molecule has 0 radical (unpaired) electrons. The molecule has 0 atom stereocenters. The van der Waals surface area contributed by atoms with E-state index in [9.17, 15) is 4.79 Å². The van der Waals surface area contributed by atoms with Gasteiger partial charge in [0.1, 0.15) is 5.75 Å². The second-order valence-electron chi connectivity index (χ2n) is 5.95. The number of rotatable bonds is 2. The topological polar surface area (TPSA) is 26.3 Å². The molecule has 0 aliphatic carbocycles. The molecular weight excluding hydrogens is 248 g/mol. The van der Waals surface area contributed by atoms with E-state index in [1.54, 1.807) is 6.07 Å². The zero-order valence-electron chi connectivity index (χ0n) is 12.4. The third-order valence-electron chi connectivity index (χ3n) is 3.26. The Labute approximate surface area is 120 Å². The molecular formula is C18H20O2. The van der Waals surface area contributed by atoms with E-state index in [1.165, 1.54) is 0 Å². The normalized spacial score (nSPS) is 11.2. The summed E-state index contributed by atoms with van der Waals surface area (Å²) >= 11 is 0. The van der Waals surface area contributed by atoms with Crippen LogP contribution in [-0.4, -0.2) is 5.97 Å². The number of benzene rings is 2. The van der Waals surface area contributed by atoms with Gasteiger partial charge < -0.3 is 4.74 Å². The van der Waals surface area contributed by atoms with Gasteiger partial charge in [0.05, 0.1) is 5.56 Å². The highest BCUT2D eigenvalue weighted by atomic mass is 16.5. The molecule has 0 spiro atoms. The number of carbonyl (C=O) groups excluding carboxylic acids is 1. The summed E-state index contributed by atoms with van der Waals surface area (Å²) in [7, 11) is 0. The Balaban J connectivity index is 2.32. The number of carbonyl (C=O) groups is 1. The molecule has 0 N–H and O–H groups in total. The van der Waals surface area contributed by atoms with Crippen LogP contribution in [0.25, 0.3) is 0 Å². The van der Waals surface area contributed by atoms with Crippen molar-refractivity contribution in [2.24, 2.45) is 0 Å². The van der Waals surface area contributed by atoms with E-state index in [1.807, 2.05) is 49.4 Å². The van der Waals surface area contributed by atoms with Crippen LogP contribution < -0.4 is 4.74 Å². The second kappa shape index (κ2) is 5.49. The molecule has 0 unspecified atom stereocenters. The van der Waals surface area contributed by atoms with Crippen LogP contribution in [0.3, 0.4) is 0 Å². The average molecular weight is 268 g/mol. The second-order valence-corrected chi connectivity index (χ2v) is 5.95. The van der Waals surface area contributed by atoms with Gasteiger partial charge in [0.25, 0.3) is 0 Å². The fourth-order valence-corrected chi connectivity index (χ4v) is 2.13. The molecule has 2 heteroatoms. The molecule has 0 bridgehead atoms. The van der Waals surface area contributed by atoms with Crippen LogP contribution in [0.2, 0.25) is 0 Å². The number of esters is 1. The molecule has 0 saturated heterocycles. The number of hydrogen-bond acceptors (Lipinski definition) is 2. The SMILES string of the molecule is Cc1ccccc1C(=O)Oc1ccccc1C(C)(C)C. The first-order chi connectivity index (χ1) is 9.39. The minimum absolute atomic E-state index is 0.0669. The predicted molar refractivity (Wildman–Crippen MR) is 81.3 cm³/mol. The number of hydrogen-bond donors (Lipinski definition) is 0. The average Bonchev–Trinajstić information content (AvgIpc) is 2.38. The highest BCUT2D eigenvalue weighted by Gasteiger charge is 2.20. The van der Waals surface area contributed by atoms with Crippen molar-refractivity contribution >= 4 is 5.97 Å². The van der Waals surface area contributed by atoms with Crippen LogP contribution in [0.5, 0.6) is 5.75 Å². The van der Waals surface area contributed by atoms with Gasteiger partial charge in [-0.25, -0.2) is 4.79 Å². The van der Waals surface area contributed by atoms with Gasteiger partial charge in [-0.2, -0.15) is 0 Å². The van der Waals surface area contributed by atoms with Crippen molar-refractivity contribution in [3.8, 4) is 5.75 Å². The Morgan fingerprint density at radius 3 is 2.20 bits per heavy atom. The fraction of sp³-hybridized carbons (Fsp3) is 0.278. The Morgan fingerprint density at radius 1 is 0.950 bits per heavy atom. The third kappa shape index (κ3) is 3.08. The Hall–Kier alpha value is -2.09. The van der Waals surface area contributed by atoms with Crippen LogP contribution in [0, 0.1) is 6.92 Å². The fourth-order valence-electron chi connectivity index (χ4n) is 2.13. The van der Waals surface area contributed by atoms with Crippen molar-refractivity contribution in [3.63, 3.8) is 0 Å². The van der Waals surface area contributed by atoms with E-state index < -0.39 is 0 Å². The van der Waals surface area contributed by atoms with Gasteiger partial charge in [0.2, 0.25) is 0 Å². The van der Waals surface area contributed by atoms with Crippen LogP contribution in [-0.2, 0) is 5.41 Å². The lowest BCUT2D eigenvalue weighted by Gasteiger charge is -2.22. The summed E-state index contributed by atoms with van der Waals surface area (Å²) in [6.45, 7) is 8.22. The van der Waals surface area contributed by atoms with Gasteiger partial charge in [0, 0.05) is 5.56 Å². The van der Waals surface area contributed by atoms with E-state index in [2.05, 4.69) is 20.8 Å². The van der Waals surface area contributed by atoms with Gasteiger partial charge in [-0.05, 0) is 30.0 Å². The monoisotopic (exact) mass is 268 g/mol. The smallest absolute Gasteiger partial charge is 0.343 e. The van der Waals surface area contributed by atoms with Crippen LogP contribution >= 0.6 is 0 Å². The molecule has 0 heterocycles. The molecule has 0 amide bonds. The largest absolute Gasteiger partial charge is 0.423 e. The maximum atomic E-state index is 12.3. The highest BCUT2D eigenvalue weighted by Crippen LogP contribution is 2.31. The van der Waals surface area contributed by atoms with E-state index >= 15 is 0 Å². The number of aryl methyl sites for hydroxylation is 1. The highest BCUT2D eigenvalue weighted by molar-refractivity contribution is 5.92. The lowest BCUT2D eigenvalue weighted by Crippen LogP contribution is -2.16. The zero-order valence-corrected chi connectivity index (χ0v) is 12.4. The van der Waals surface area contributed by atoms with Crippen molar-refractivity contribution in [2.75, 3.05) is 0 Å². The van der Waals surface area contributed by atoms with Gasteiger partial charge in [-0.15, -0.1) is 0 Å². The Kier molecular flexibility index (Phi) is 3.93. The first-order valence-corrected chi connectivity index (χ1v) is 6.77. The Bertz CT molecular complexity index is 621. The van der Waals surface area contributed by atoms with Crippen molar-refractivity contribution < 1.29 is 9.53 Å². The summed E-state index contributed by atoms with van der Waals surface area (Å²) in [5.74, 6) is 0.327. The van der Waals surface area contributed by atoms with Crippen LogP contribution in [0.4, 0.5) is 0 Å². The molecule has 2 nitrogen and oxygen atoms in total. The Morgan fingerprint density at radius 2 is 1.55 bits per heavy atom. The van der Waals surface area contributed by atoms with E-state index in [-0.39, 0.29) is 11.4 Å². The van der Waals surface area contributed by atoms with Crippen molar-refractivity contribution in [1.82, 2.24) is 0 Å². The number of para-hydroxylation sites is 1. The zero-order chi connectivity index (χ0) is 14.8. The summed E-state index contributed by atoms with van der Waals surface area (Å²) in [4.78, 5) is 12.3. The summed E-state index contributed by atoms with van der Waals surface area (Å²) in [5.41, 5.74) is 2.49. The van der Waals surface area contributed by atoms with Gasteiger partial charge in [-0.3, -0.25) is 0 Å². The molecule has 0 aliphatic rings. The summed E-state index contributed by atoms with van der Waals surface area (Å²) in [5, 5.41) is 0. The lowest BCUT2D eigenvalue weighted by molar-refractivity contribution is 0.0731.